The van der Waals surface area contributed by atoms with E-state index in [4.69, 9.17) is 0 Å². The van der Waals surface area contributed by atoms with Crippen LogP contribution in [0.1, 0.15) is 18.9 Å². The summed E-state index contributed by atoms with van der Waals surface area (Å²) in [5.41, 5.74) is 1.74. The van der Waals surface area contributed by atoms with E-state index in [1.54, 1.807) is 24.3 Å². The first-order chi connectivity index (χ1) is 12.3. The van der Waals surface area contributed by atoms with Crippen LogP contribution in [-0.4, -0.2) is 38.8 Å². The minimum Gasteiger partial charge on any atom is -0.326 e. The molecule has 7 heteroatoms. The third kappa shape index (κ3) is 5.66. The molecule has 0 aromatic heterocycles. The van der Waals surface area contributed by atoms with Crippen LogP contribution in [0.25, 0.3) is 0 Å². The third-order valence-electron chi connectivity index (χ3n) is 3.91. The van der Waals surface area contributed by atoms with E-state index in [1.807, 2.05) is 37.3 Å². The number of hydrogen-bond donors (Lipinski definition) is 2. The molecule has 0 bridgehead atoms. The number of anilines is 1. The molecule has 0 spiro atoms. The first-order valence-electron chi connectivity index (χ1n) is 8.39. The van der Waals surface area contributed by atoms with Crippen molar-refractivity contribution in [1.29, 1.82) is 0 Å². The SMILES string of the molecule is CC(CC(=O)Nc1ccccc1)NCc1ccc(S(=O)(=O)N(C)C)cc1. The Morgan fingerprint density at radius 2 is 1.65 bits per heavy atom. The molecule has 2 aromatic rings. The molecule has 0 saturated heterocycles. The van der Waals surface area contributed by atoms with Crippen LogP contribution in [-0.2, 0) is 21.4 Å². The fourth-order valence-corrected chi connectivity index (χ4v) is 3.27. The third-order valence-corrected chi connectivity index (χ3v) is 5.74. The topological polar surface area (TPSA) is 78.5 Å². The van der Waals surface area contributed by atoms with Crippen LogP contribution in [0.2, 0.25) is 0 Å². The van der Waals surface area contributed by atoms with E-state index in [-0.39, 0.29) is 16.8 Å². The van der Waals surface area contributed by atoms with Crippen LogP contribution in [0.4, 0.5) is 5.69 Å². The molecule has 0 radical (unpaired) electrons. The summed E-state index contributed by atoms with van der Waals surface area (Å²) in [6.07, 6.45) is 0.349. The fraction of sp³-hybridized carbons (Fsp3) is 0.316. The lowest BCUT2D eigenvalue weighted by Gasteiger charge is -2.15. The molecule has 1 amide bonds. The molecule has 2 N–H and O–H groups in total. The van der Waals surface area contributed by atoms with Gasteiger partial charge in [-0.25, -0.2) is 12.7 Å². The van der Waals surface area contributed by atoms with Gasteiger partial charge in [0.15, 0.2) is 0 Å². The van der Waals surface area contributed by atoms with Gasteiger partial charge >= 0.3 is 0 Å². The first-order valence-corrected chi connectivity index (χ1v) is 9.83. The lowest BCUT2D eigenvalue weighted by molar-refractivity contribution is -0.116. The van der Waals surface area contributed by atoms with Gasteiger partial charge in [-0.3, -0.25) is 4.79 Å². The Bertz CT molecular complexity index is 819. The molecule has 2 rings (SSSR count). The number of sulfonamides is 1. The molecule has 0 fully saturated rings. The van der Waals surface area contributed by atoms with Crippen LogP contribution in [0.15, 0.2) is 59.5 Å². The van der Waals surface area contributed by atoms with E-state index in [2.05, 4.69) is 10.6 Å². The molecule has 26 heavy (non-hydrogen) atoms. The number of hydrogen-bond acceptors (Lipinski definition) is 4. The standard InChI is InChI=1S/C19H25N3O3S/c1-15(13-19(23)21-17-7-5-4-6-8-17)20-14-16-9-11-18(12-10-16)26(24,25)22(2)3/h4-12,15,20H,13-14H2,1-3H3,(H,21,23). The summed E-state index contributed by atoms with van der Waals surface area (Å²) in [5, 5.41) is 6.13. The van der Waals surface area contributed by atoms with Crippen molar-refractivity contribution < 1.29 is 13.2 Å². The fourth-order valence-electron chi connectivity index (χ4n) is 2.37. The Morgan fingerprint density at radius 3 is 2.23 bits per heavy atom. The number of nitrogens with zero attached hydrogens (tertiary/aromatic N) is 1. The van der Waals surface area contributed by atoms with Gasteiger partial charge in [-0.05, 0) is 36.8 Å². The molecule has 1 unspecified atom stereocenters. The summed E-state index contributed by atoms with van der Waals surface area (Å²) >= 11 is 0. The van der Waals surface area contributed by atoms with Crippen LogP contribution in [0.3, 0.4) is 0 Å². The molecule has 0 aliphatic rings. The van der Waals surface area contributed by atoms with Crippen LogP contribution in [0, 0.1) is 0 Å². The van der Waals surface area contributed by atoms with Gasteiger partial charge in [0, 0.05) is 38.8 Å². The zero-order valence-electron chi connectivity index (χ0n) is 15.3. The van der Waals surface area contributed by atoms with Crippen molar-refractivity contribution in [3.8, 4) is 0 Å². The average molecular weight is 375 g/mol. The second-order valence-electron chi connectivity index (χ2n) is 6.33. The Balaban J connectivity index is 1.83. The van der Waals surface area contributed by atoms with Gasteiger partial charge in [-0.2, -0.15) is 0 Å². The molecule has 140 valence electrons. The highest BCUT2D eigenvalue weighted by Gasteiger charge is 2.16. The summed E-state index contributed by atoms with van der Waals surface area (Å²) in [4.78, 5) is 12.3. The Hall–Kier alpha value is -2.22. The summed E-state index contributed by atoms with van der Waals surface area (Å²) < 4.78 is 25.3. The molecule has 0 aliphatic carbocycles. The minimum absolute atomic E-state index is 0.0103. The van der Waals surface area contributed by atoms with Crippen molar-refractivity contribution in [3.63, 3.8) is 0 Å². The molecule has 6 nitrogen and oxygen atoms in total. The van der Waals surface area contributed by atoms with Crippen LogP contribution < -0.4 is 10.6 Å². The second-order valence-corrected chi connectivity index (χ2v) is 8.48. The van der Waals surface area contributed by atoms with Crippen molar-refractivity contribution in [2.24, 2.45) is 0 Å². The number of amides is 1. The maximum absolute atomic E-state index is 12.0. The maximum atomic E-state index is 12.0. The van der Waals surface area contributed by atoms with E-state index in [9.17, 15) is 13.2 Å². The van der Waals surface area contributed by atoms with Crippen molar-refractivity contribution in [2.45, 2.75) is 30.8 Å². The predicted molar refractivity (Wildman–Crippen MR) is 103 cm³/mol. The van der Waals surface area contributed by atoms with E-state index in [0.29, 0.717) is 13.0 Å². The van der Waals surface area contributed by atoms with Gasteiger partial charge in [0.05, 0.1) is 4.90 Å². The number of benzene rings is 2. The van der Waals surface area contributed by atoms with Gasteiger partial charge in [-0.15, -0.1) is 0 Å². The Kier molecular flexibility index (Phi) is 6.90. The normalized spacial score (nSPS) is 12.8. The summed E-state index contributed by atoms with van der Waals surface area (Å²) in [6, 6.07) is 16.1. The molecular weight excluding hydrogens is 350 g/mol. The molecule has 0 aliphatic heterocycles. The molecule has 1 atom stereocenters. The Morgan fingerprint density at radius 1 is 1.04 bits per heavy atom. The van der Waals surface area contributed by atoms with E-state index in [1.165, 1.54) is 18.4 Å². The van der Waals surface area contributed by atoms with Gasteiger partial charge in [0.25, 0.3) is 0 Å². The monoisotopic (exact) mass is 375 g/mol. The summed E-state index contributed by atoms with van der Waals surface area (Å²) in [5.74, 6) is -0.0522. The maximum Gasteiger partial charge on any atom is 0.242 e. The van der Waals surface area contributed by atoms with E-state index >= 15 is 0 Å². The summed E-state index contributed by atoms with van der Waals surface area (Å²) in [7, 11) is -0.397. The van der Waals surface area contributed by atoms with E-state index < -0.39 is 10.0 Å². The summed E-state index contributed by atoms with van der Waals surface area (Å²) in [6.45, 7) is 2.50. The number of para-hydroxylation sites is 1. The second kappa shape index (κ2) is 8.93. The quantitative estimate of drug-likeness (QED) is 0.743. The lowest BCUT2D eigenvalue weighted by atomic mass is 10.2. The van der Waals surface area contributed by atoms with Crippen LogP contribution >= 0.6 is 0 Å². The minimum atomic E-state index is -3.41. The average Bonchev–Trinajstić information content (AvgIpc) is 2.61. The number of rotatable bonds is 8. The highest BCUT2D eigenvalue weighted by molar-refractivity contribution is 7.89. The largest absolute Gasteiger partial charge is 0.326 e. The van der Waals surface area contributed by atoms with Gasteiger partial charge in [0.1, 0.15) is 0 Å². The highest BCUT2D eigenvalue weighted by atomic mass is 32.2. The van der Waals surface area contributed by atoms with Gasteiger partial charge < -0.3 is 10.6 Å². The zero-order chi connectivity index (χ0) is 19.2. The van der Waals surface area contributed by atoms with Crippen molar-refractivity contribution in [3.05, 3.63) is 60.2 Å². The first kappa shape index (κ1) is 20.1. The van der Waals surface area contributed by atoms with Crippen molar-refractivity contribution >= 4 is 21.6 Å². The molecule has 0 saturated carbocycles. The highest BCUT2D eigenvalue weighted by Crippen LogP contribution is 2.14. The van der Waals surface area contributed by atoms with Gasteiger partial charge in [0.2, 0.25) is 15.9 Å². The molecule has 0 heterocycles. The Labute approximate surface area is 155 Å². The smallest absolute Gasteiger partial charge is 0.242 e. The molecular formula is C19H25N3O3S. The van der Waals surface area contributed by atoms with Gasteiger partial charge in [-0.1, -0.05) is 30.3 Å². The zero-order valence-corrected chi connectivity index (χ0v) is 16.1. The lowest BCUT2D eigenvalue weighted by Crippen LogP contribution is -2.30. The van der Waals surface area contributed by atoms with Crippen LogP contribution in [0.5, 0.6) is 0 Å². The van der Waals surface area contributed by atoms with E-state index in [0.717, 1.165) is 11.3 Å². The number of carbonyl (C=O) groups is 1. The predicted octanol–water partition coefficient (Wildman–Crippen LogP) is 2.44. The number of carbonyl (C=O) groups excluding carboxylic acids is 1. The van der Waals surface area contributed by atoms with Crippen molar-refractivity contribution in [1.82, 2.24) is 9.62 Å². The van der Waals surface area contributed by atoms with Crippen molar-refractivity contribution in [2.75, 3.05) is 19.4 Å². The number of nitrogens with one attached hydrogen (secondary N) is 2. The molecule has 2 aromatic carbocycles.